The standard InChI is InChI=1S/C23H20FN3O2/c1-16-4-8-19(9-5-16)22(28)27-21(13-17-6-10-20(24)11-7-17)23(29)26-15-18-3-2-12-25-14-18/h2-14H,15H2,1H3,(H,26,29)(H,27,28)/b21-13-. The summed E-state index contributed by atoms with van der Waals surface area (Å²) in [5.74, 6) is -1.25. The van der Waals surface area contributed by atoms with Crippen LogP contribution in [0.2, 0.25) is 0 Å². The van der Waals surface area contributed by atoms with Gasteiger partial charge in [0.15, 0.2) is 0 Å². The van der Waals surface area contributed by atoms with Gasteiger partial charge in [0.2, 0.25) is 0 Å². The fourth-order valence-corrected chi connectivity index (χ4v) is 2.56. The monoisotopic (exact) mass is 389 g/mol. The molecule has 0 aliphatic heterocycles. The number of halogens is 1. The number of hydrogen-bond acceptors (Lipinski definition) is 3. The van der Waals surface area contributed by atoms with Crippen molar-refractivity contribution in [1.29, 1.82) is 0 Å². The molecule has 0 unspecified atom stereocenters. The van der Waals surface area contributed by atoms with Gasteiger partial charge in [0, 0.05) is 24.5 Å². The van der Waals surface area contributed by atoms with Gasteiger partial charge in [-0.25, -0.2) is 4.39 Å². The first-order chi connectivity index (χ1) is 14.0. The van der Waals surface area contributed by atoms with E-state index in [2.05, 4.69) is 15.6 Å². The van der Waals surface area contributed by atoms with Gasteiger partial charge in [-0.3, -0.25) is 14.6 Å². The third-order valence-electron chi connectivity index (χ3n) is 4.16. The first-order valence-electron chi connectivity index (χ1n) is 9.03. The highest BCUT2D eigenvalue weighted by Crippen LogP contribution is 2.10. The molecule has 2 aromatic carbocycles. The topological polar surface area (TPSA) is 71.1 Å². The second-order valence-electron chi connectivity index (χ2n) is 6.47. The van der Waals surface area contributed by atoms with Crippen LogP contribution < -0.4 is 10.6 Å². The number of benzene rings is 2. The Kier molecular flexibility index (Phi) is 6.47. The zero-order valence-electron chi connectivity index (χ0n) is 15.9. The third kappa shape index (κ3) is 5.84. The molecule has 6 heteroatoms. The molecule has 0 aliphatic rings. The lowest BCUT2D eigenvalue weighted by atomic mass is 10.1. The van der Waals surface area contributed by atoms with Crippen molar-refractivity contribution in [3.8, 4) is 0 Å². The molecule has 3 rings (SSSR count). The highest BCUT2D eigenvalue weighted by Gasteiger charge is 2.14. The second kappa shape index (κ2) is 9.41. The molecule has 2 amide bonds. The van der Waals surface area contributed by atoms with Crippen LogP contribution in [-0.2, 0) is 11.3 Å². The summed E-state index contributed by atoms with van der Waals surface area (Å²) in [4.78, 5) is 29.3. The molecule has 29 heavy (non-hydrogen) atoms. The Morgan fingerprint density at radius 3 is 2.41 bits per heavy atom. The number of amides is 2. The summed E-state index contributed by atoms with van der Waals surface area (Å²) in [5.41, 5.74) is 2.93. The van der Waals surface area contributed by atoms with Crippen molar-refractivity contribution < 1.29 is 14.0 Å². The normalized spacial score (nSPS) is 11.0. The van der Waals surface area contributed by atoms with Crippen molar-refractivity contribution in [1.82, 2.24) is 15.6 Å². The maximum absolute atomic E-state index is 13.2. The van der Waals surface area contributed by atoms with Crippen LogP contribution in [0.15, 0.2) is 78.8 Å². The van der Waals surface area contributed by atoms with Crippen LogP contribution in [0.1, 0.15) is 27.0 Å². The van der Waals surface area contributed by atoms with Crippen LogP contribution in [0, 0.1) is 12.7 Å². The van der Waals surface area contributed by atoms with Crippen LogP contribution in [0.5, 0.6) is 0 Å². The van der Waals surface area contributed by atoms with E-state index >= 15 is 0 Å². The molecule has 146 valence electrons. The highest BCUT2D eigenvalue weighted by atomic mass is 19.1. The number of hydrogen-bond donors (Lipinski definition) is 2. The van der Waals surface area contributed by atoms with Gasteiger partial charge in [-0.1, -0.05) is 35.9 Å². The van der Waals surface area contributed by atoms with Crippen molar-refractivity contribution in [2.45, 2.75) is 13.5 Å². The van der Waals surface area contributed by atoms with Crippen LogP contribution >= 0.6 is 0 Å². The van der Waals surface area contributed by atoms with Gasteiger partial charge in [-0.05, 0) is 54.5 Å². The highest BCUT2D eigenvalue weighted by molar-refractivity contribution is 6.05. The Morgan fingerprint density at radius 2 is 1.76 bits per heavy atom. The Morgan fingerprint density at radius 1 is 1.03 bits per heavy atom. The van der Waals surface area contributed by atoms with Gasteiger partial charge in [-0.15, -0.1) is 0 Å². The summed E-state index contributed by atoms with van der Waals surface area (Å²) in [5, 5.41) is 5.41. The summed E-state index contributed by atoms with van der Waals surface area (Å²) < 4.78 is 13.2. The minimum Gasteiger partial charge on any atom is -0.347 e. The first kappa shape index (κ1) is 19.9. The zero-order valence-corrected chi connectivity index (χ0v) is 15.9. The van der Waals surface area contributed by atoms with Crippen LogP contribution in [0.4, 0.5) is 4.39 Å². The SMILES string of the molecule is Cc1ccc(C(=O)N/C(=C\c2ccc(F)cc2)C(=O)NCc2cccnc2)cc1. The summed E-state index contributed by atoms with van der Waals surface area (Å²) in [6, 6.07) is 16.3. The number of nitrogens with zero attached hydrogens (tertiary/aromatic N) is 1. The number of carbonyl (C=O) groups is 2. The smallest absolute Gasteiger partial charge is 0.268 e. The maximum atomic E-state index is 13.2. The van der Waals surface area contributed by atoms with E-state index in [9.17, 15) is 14.0 Å². The first-order valence-corrected chi connectivity index (χ1v) is 9.03. The van der Waals surface area contributed by atoms with E-state index < -0.39 is 11.8 Å². The number of pyridine rings is 1. The summed E-state index contributed by atoms with van der Waals surface area (Å²) in [7, 11) is 0. The van der Waals surface area contributed by atoms with Gasteiger partial charge in [-0.2, -0.15) is 0 Å². The molecule has 0 radical (unpaired) electrons. The average Bonchev–Trinajstić information content (AvgIpc) is 2.74. The molecule has 1 heterocycles. The molecule has 0 fully saturated rings. The van der Waals surface area contributed by atoms with E-state index in [4.69, 9.17) is 0 Å². The molecule has 0 saturated heterocycles. The van der Waals surface area contributed by atoms with Crippen molar-refractivity contribution in [3.05, 3.63) is 107 Å². The average molecular weight is 389 g/mol. The quantitative estimate of drug-likeness (QED) is 0.633. The van der Waals surface area contributed by atoms with E-state index in [0.717, 1.165) is 11.1 Å². The van der Waals surface area contributed by atoms with Gasteiger partial charge >= 0.3 is 0 Å². The molecule has 5 nitrogen and oxygen atoms in total. The zero-order chi connectivity index (χ0) is 20.6. The third-order valence-corrected chi connectivity index (χ3v) is 4.16. The molecule has 1 aromatic heterocycles. The van der Waals surface area contributed by atoms with E-state index in [0.29, 0.717) is 11.1 Å². The van der Waals surface area contributed by atoms with Gasteiger partial charge in [0.1, 0.15) is 11.5 Å². The largest absolute Gasteiger partial charge is 0.347 e. The minimum atomic E-state index is -0.460. The van der Waals surface area contributed by atoms with Crippen LogP contribution in [0.25, 0.3) is 6.08 Å². The molecule has 0 aliphatic carbocycles. The van der Waals surface area contributed by atoms with Crippen molar-refractivity contribution in [2.24, 2.45) is 0 Å². The predicted octanol–water partition coefficient (Wildman–Crippen LogP) is 3.62. The van der Waals surface area contributed by atoms with Crippen molar-refractivity contribution >= 4 is 17.9 Å². The molecule has 0 bridgehead atoms. The molecule has 2 N–H and O–H groups in total. The fraction of sp³-hybridized carbons (Fsp3) is 0.0870. The van der Waals surface area contributed by atoms with E-state index in [1.165, 1.54) is 30.3 Å². The Bertz CT molecular complexity index is 1010. The number of rotatable bonds is 6. The lowest BCUT2D eigenvalue weighted by Crippen LogP contribution is -2.34. The van der Waals surface area contributed by atoms with Crippen LogP contribution in [-0.4, -0.2) is 16.8 Å². The van der Waals surface area contributed by atoms with Gasteiger partial charge in [0.05, 0.1) is 0 Å². The fourth-order valence-electron chi connectivity index (χ4n) is 2.56. The summed E-state index contributed by atoms with van der Waals surface area (Å²) in [6.07, 6.45) is 4.80. The maximum Gasteiger partial charge on any atom is 0.268 e. The number of carbonyl (C=O) groups excluding carboxylic acids is 2. The molecular weight excluding hydrogens is 369 g/mol. The summed E-state index contributed by atoms with van der Waals surface area (Å²) in [6.45, 7) is 2.18. The molecular formula is C23H20FN3O2. The second-order valence-corrected chi connectivity index (χ2v) is 6.47. The number of aryl methyl sites for hydroxylation is 1. The van der Waals surface area contributed by atoms with Crippen molar-refractivity contribution in [3.63, 3.8) is 0 Å². The lowest BCUT2D eigenvalue weighted by Gasteiger charge is -2.11. The molecule has 0 spiro atoms. The Hall–Kier alpha value is -3.80. The van der Waals surface area contributed by atoms with E-state index in [1.54, 1.807) is 30.6 Å². The predicted molar refractivity (Wildman–Crippen MR) is 109 cm³/mol. The van der Waals surface area contributed by atoms with Crippen LogP contribution in [0.3, 0.4) is 0 Å². The van der Waals surface area contributed by atoms with E-state index in [-0.39, 0.29) is 18.1 Å². The summed E-state index contributed by atoms with van der Waals surface area (Å²) >= 11 is 0. The van der Waals surface area contributed by atoms with Gasteiger partial charge < -0.3 is 10.6 Å². The Labute approximate surface area is 168 Å². The number of nitrogens with one attached hydrogen (secondary N) is 2. The van der Waals surface area contributed by atoms with Crippen molar-refractivity contribution in [2.75, 3.05) is 0 Å². The molecule has 3 aromatic rings. The lowest BCUT2D eigenvalue weighted by molar-refractivity contribution is -0.117. The van der Waals surface area contributed by atoms with E-state index in [1.807, 2.05) is 25.1 Å². The number of aromatic nitrogens is 1. The minimum absolute atomic E-state index is 0.0612. The molecule has 0 atom stereocenters. The van der Waals surface area contributed by atoms with Gasteiger partial charge in [0.25, 0.3) is 11.8 Å². The Balaban J connectivity index is 1.80. The molecule has 0 saturated carbocycles.